The van der Waals surface area contributed by atoms with Crippen LogP contribution in [0.2, 0.25) is 0 Å². The fourth-order valence-corrected chi connectivity index (χ4v) is 3.68. The van der Waals surface area contributed by atoms with Gasteiger partial charge in [-0.2, -0.15) is 0 Å². The molecule has 2 aliphatic rings. The summed E-state index contributed by atoms with van der Waals surface area (Å²) >= 11 is 0. The van der Waals surface area contributed by atoms with Gasteiger partial charge in [0.05, 0.1) is 11.1 Å². The van der Waals surface area contributed by atoms with E-state index >= 15 is 0 Å². The van der Waals surface area contributed by atoms with E-state index in [0.29, 0.717) is 12.5 Å². The third-order valence-corrected chi connectivity index (χ3v) is 5.56. The Morgan fingerprint density at radius 1 is 1.25 bits per heavy atom. The van der Waals surface area contributed by atoms with Crippen LogP contribution in [0.25, 0.3) is 10.9 Å². The Balaban J connectivity index is 1.74. The quantitative estimate of drug-likeness (QED) is 0.922. The van der Waals surface area contributed by atoms with Crippen LogP contribution in [0.3, 0.4) is 0 Å². The van der Waals surface area contributed by atoms with Crippen molar-refractivity contribution in [3.8, 4) is 0 Å². The molecule has 1 atom stereocenters. The second-order valence-electron chi connectivity index (χ2n) is 8.00. The molecular formula is C20H25N3O. The summed E-state index contributed by atoms with van der Waals surface area (Å²) in [7, 11) is 0. The number of benzene rings is 1. The van der Waals surface area contributed by atoms with Crippen LogP contribution in [0, 0.1) is 5.41 Å². The third-order valence-electron chi connectivity index (χ3n) is 5.56. The van der Waals surface area contributed by atoms with E-state index in [2.05, 4.69) is 13.8 Å². The molecule has 1 amide bonds. The minimum Gasteiger partial charge on any atom is -0.338 e. The van der Waals surface area contributed by atoms with E-state index in [1.165, 1.54) is 12.8 Å². The summed E-state index contributed by atoms with van der Waals surface area (Å²) in [6.45, 7) is 5.75. The van der Waals surface area contributed by atoms with Crippen LogP contribution in [0.5, 0.6) is 0 Å². The number of likely N-dealkylation sites (tertiary alicyclic amines) is 1. The first-order chi connectivity index (χ1) is 11.5. The zero-order valence-electron chi connectivity index (χ0n) is 14.5. The molecule has 1 aliphatic carbocycles. The fraction of sp³-hybridized carbons (Fsp3) is 0.500. The second kappa shape index (κ2) is 5.55. The van der Waals surface area contributed by atoms with Crippen molar-refractivity contribution in [3.63, 3.8) is 0 Å². The fourth-order valence-electron chi connectivity index (χ4n) is 3.68. The number of fused-ring (bicyclic) bond motifs is 1. The molecule has 126 valence electrons. The summed E-state index contributed by atoms with van der Waals surface area (Å²) in [6.07, 6.45) is 3.23. The topological polar surface area (TPSA) is 59.2 Å². The standard InChI is InChI=1S/C20H25N3O/c1-20(2)12-23(10-9-18(20)21)19(24)15-11-17(13-7-8-13)22-16-6-4-3-5-14(15)16/h3-6,11,13,18H,7-10,12,21H2,1-2H3. The van der Waals surface area contributed by atoms with Crippen molar-refractivity contribution in [3.05, 3.63) is 41.6 Å². The Bertz CT molecular complexity index is 795. The second-order valence-corrected chi connectivity index (χ2v) is 8.00. The molecule has 0 spiro atoms. The number of carbonyl (C=O) groups is 1. The van der Waals surface area contributed by atoms with Crippen molar-refractivity contribution in [2.75, 3.05) is 13.1 Å². The predicted octanol–water partition coefficient (Wildman–Crippen LogP) is 3.31. The van der Waals surface area contributed by atoms with Gasteiger partial charge in [0.25, 0.3) is 5.91 Å². The lowest BCUT2D eigenvalue weighted by atomic mass is 9.79. The largest absolute Gasteiger partial charge is 0.338 e. The number of nitrogens with zero attached hydrogens (tertiary/aromatic N) is 2. The Hall–Kier alpha value is -1.94. The highest BCUT2D eigenvalue weighted by Gasteiger charge is 2.36. The summed E-state index contributed by atoms with van der Waals surface area (Å²) in [6, 6.07) is 10.2. The molecule has 2 N–H and O–H groups in total. The maximum atomic E-state index is 13.3. The number of rotatable bonds is 2. The number of amides is 1. The molecule has 24 heavy (non-hydrogen) atoms. The number of aromatic nitrogens is 1. The molecule has 1 unspecified atom stereocenters. The van der Waals surface area contributed by atoms with Gasteiger partial charge in [0.15, 0.2) is 0 Å². The molecule has 4 heteroatoms. The molecule has 1 saturated heterocycles. The van der Waals surface area contributed by atoms with Crippen LogP contribution in [-0.4, -0.2) is 34.9 Å². The van der Waals surface area contributed by atoms with Crippen LogP contribution >= 0.6 is 0 Å². The lowest BCUT2D eigenvalue weighted by molar-refractivity contribution is 0.0534. The summed E-state index contributed by atoms with van der Waals surface area (Å²) in [4.78, 5) is 20.0. The van der Waals surface area contributed by atoms with E-state index in [4.69, 9.17) is 10.7 Å². The molecule has 4 rings (SSSR count). The third kappa shape index (κ3) is 2.69. The average molecular weight is 323 g/mol. The number of pyridine rings is 1. The van der Waals surface area contributed by atoms with E-state index in [0.717, 1.165) is 35.1 Å². The molecule has 1 saturated carbocycles. The van der Waals surface area contributed by atoms with Crippen molar-refractivity contribution in [1.29, 1.82) is 0 Å². The Labute approximate surface area is 143 Å². The van der Waals surface area contributed by atoms with E-state index in [1.807, 2.05) is 35.2 Å². The minimum absolute atomic E-state index is 0.0456. The van der Waals surface area contributed by atoms with Crippen molar-refractivity contribution < 1.29 is 4.79 Å². The summed E-state index contributed by atoms with van der Waals surface area (Å²) < 4.78 is 0. The van der Waals surface area contributed by atoms with Gasteiger partial charge < -0.3 is 10.6 Å². The normalized spacial score (nSPS) is 23.5. The van der Waals surface area contributed by atoms with Gasteiger partial charge in [0.1, 0.15) is 0 Å². The van der Waals surface area contributed by atoms with E-state index in [-0.39, 0.29) is 17.4 Å². The van der Waals surface area contributed by atoms with Crippen molar-refractivity contribution >= 4 is 16.8 Å². The lowest BCUT2D eigenvalue weighted by Gasteiger charge is -2.42. The Morgan fingerprint density at radius 3 is 2.71 bits per heavy atom. The maximum absolute atomic E-state index is 13.3. The van der Waals surface area contributed by atoms with E-state index in [9.17, 15) is 4.79 Å². The number of hydrogen-bond acceptors (Lipinski definition) is 3. The maximum Gasteiger partial charge on any atom is 0.254 e. The first-order valence-electron chi connectivity index (χ1n) is 8.90. The highest BCUT2D eigenvalue weighted by atomic mass is 16.2. The first-order valence-corrected chi connectivity index (χ1v) is 8.90. The number of nitrogens with two attached hydrogens (primary N) is 1. The SMILES string of the molecule is CC1(C)CN(C(=O)c2cc(C3CC3)nc3ccccc23)CCC1N. The van der Waals surface area contributed by atoms with Crippen molar-refractivity contribution in [2.45, 2.75) is 45.1 Å². The number of piperidine rings is 1. The van der Waals surface area contributed by atoms with E-state index < -0.39 is 0 Å². The van der Waals surface area contributed by atoms with E-state index in [1.54, 1.807) is 0 Å². The van der Waals surface area contributed by atoms with Crippen LogP contribution in [-0.2, 0) is 0 Å². The van der Waals surface area contributed by atoms with Gasteiger partial charge >= 0.3 is 0 Å². The number of para-hydroxylation sites is 1. The molecule has 2 fully saturated rings. The lowest BCUT2D eigenvalue weighted by Crippen LogP contribution is -2.54. The van der Waals surface area contributed by atoms with Gasteiger partial charge in [-0.15, -0.1) is 0 Å². The van der Waals surface area contributed by atoms with Crippen molar-refractivity contribution in [2.24, 2.45) is 11.1 Å². The summed E-state index contributed by atoms with van der Waals surface area (Å²) in [5.74, 6) is 0.655. The number of hydrogen-bond donors (Lipinski definition) is 1. The van der Waals surface area contributed by atoms with Crippen LogP contribution < -0.4 is 5.73 Å². The molecular weight excluding hydrogens is 298 g/mol. The van der Waals surface area contributed by atoms with Crippen LogP contribution in [0.4, 0.5) is 0 Å². The molecule has 2 heterocycles. The zero-order chi connectivity index (χ0) is 16.9. The molecule has 0 radical (unpaired) electrons. The monoisotopic (exact) mass is 323 g/mol. The highest BCUT2D eigenvalue weighted by Crippen LogP contribution is 2.40. The molecule has 1 aliphatic heterocycles. The molecule has 2 aromatic rings. The Kier molecular flexibility index (Phi) is 3.61. The zero-order valence-corrected chi connectivity index (χ0v) is 14.5. The van der Waals surface area contributed by atoms with Gasteiger partial charge in [0.2, 0.25) is 0 Å². The minimum atomic E-state index is -0.0456. The smallest absolute Gasteiger partial charge is 0.254 e. The van der Waals surface area contributed by atoms with Crippen LogP contribution in [0.15, 0.2) is 30.3 Å². The van der Waals surface area contributed by atoms with Gasteiger partial charge in [-0.05, 0) is 36.8 Å². The Morgan fingerprint density at radius 2 is 2.00 bits per heavy atom. The van der Waals surface area contributed by atoms with Gasteiger partial charge in [-0.3, -0.25) is 9.78 Å². The summed E-state index contributed by atoms with van der Waals surface area (Å²) in [5.41, 5.74) is 8.99. The molecule has 0 bridgehead atoms. The predicted molar refractivity (Wildman–Crippen MR) is 96.0 cm³/mol. The van der Waals surface area contributed by atoms with Gasteiger partial charge in [0, 0.05) is 36.1 Å². The first kappa shape index (κ1) is 15.6. The molecule has 4 nitrogen and oxygen atoms in total. The van der Waals surface area contributed by atoms with Crippen LogP contribution in [0.1, 0.15) is 55.1 Å². The molecule has 1 aromatic carbocycles. The number of carbonyl (C=O) groups excluding carboxylic acids is 1. The highest BCUT2D eigenvalue weighted by molar-refractivity contribution is 6.06. The average Bonchev–Trinajstić information content (AvgIpc) is 3.40. The van der Waals surface area contributed by atoms with Crippen molar-refractivity contribution in [1.82, 2.24) is 9.88 Å². The molecule has 1 aromatic heterocycles. The van der Waals surface area contributed by atoms with Gasteiger partial charge in [-0.25, -0.2) is 0 Å². The van der Waals surface area contributed by atoms with Gasteiger partial charge in [-0.1, -0.05) is 32.0 Å². The summed E-state index contributed by atoms with van der Waals surface area (Å²) in [5, 5.41) is 0.958.